The largest absolute Gasteiger partial charge is 0.493 e. The number of carbonyl (C=O) groups is 4. The lowest BCUT2D eigenvalue weighted by Crippen LogP contribution is -2.12. The second-order valence-electron chi connectivity index (χ2n) is 10.2. The van der Waals surface area contributed by atoms with Crippen LogP contribution in [0.3, 0.4) is 0 Å². The van der Waals surface area contributed by atoms with Gasteiger partial charge in [-0.1, -0.05) is 37.4 Å². The fraction of sp³-hybridized carbons (Fsp3) is 0.158. The molecule has 0 unspecified atom stereocenters. The number of hydrogen-bond donors (Lipinski definition) is 0. The van der Waals surface area contributed by atoms with E-state index in [9.17, 15) is 19.2 Å². The predicted octanol–water partition coefficient (Wildman–Crippen LogP) is 6.79. The van der Waals surface area contributed by atoms with Crippen LogP contribution in [-0.4, -0.2) is 50.3 Å². The Bertz CT molecular complexity index is 1720. The smallest absolute Gasteiger partial charge is 0.343 e. The van der Waals surface area contributed by atoms with Gasteiger partial charge in [-0.25, -0.2) is 19.2 Å². The van der Waals surface area contributed by atoms with Crippen molar-refractivity contribution < 1.29 is 47.6 Å². The zero-order valence-electron chi connectivity index (χ0n) is 26.3. The minimum Gasteiger partial charge on any atom is -0.493 e. The van der Waals surface area contributed by atoms with Gasteiger partial charge in [0.15, 0.2) is 0 Å². The first-order chi connectivity index (χ1) is 23.2. The van der Waals surface area contributed by atoms with Crippen LogP contribution in [-0.2, 0) is 19.1 Å². The maximum Gasteiger partial charge on any atom is 0.343 e. The molecule has 0 heterocycles. The van der Waals surface area contributed by atoms with Crippen molar-refractivity contribution in [1.82, 2.24) is 0 Å². The van der Waals surface area contributed by atoms with Crippen molar-refractivity contribution in [3.05, 3.63) is 133 Å². The number of benzene rings is 4. The molecule has 0 fully saturated rings. The summed E-state index contributed by atoms with van der Waals surface area (Å²) >= 11 is 0. The quantitative estimate of drug-likeness (QED) is 0.0554. The van der Waals surface area contributed by atoms with Gasteiger partial charge >= 0.3 is 23.9 Å². The molecule has 0 aliphatic heterocycles. The first-order valence-corrected chi connectivity index (χ1v) is 14.9. The molecule has 0 aromatic heterocycles. The Morgan fingerprint density at radius 3 is 1.50 bits per heavy atom. The molecule has 4 aromatic rings. The van der Waals surface area contributed by atoms with Gasteiger partial charge in [-0.05, 0) is 90.8 Å². The summed E-state index contributed by atoms with van der Waals surface area (Å²) in [5.74, 6) is -0.290. The van der Waals surface area contributed by atoms with Gasteiger partial charge in [0.25, 0.3) is 0 Å². The zero-order valence-corrected chi connectivity index (χ0v) is 26.3. The van der Waals surface area contributed by atoms with Gasteiger partial charge in [0, 0.05) is 18.1 Å². The van der Waals surface area contributed by atoms with Crippen LogP contribution in [0.25, 0.3) is 11.1 Å². The number of rotatable bonds is 16. The van der Waals surface area contributed by atoms with Crippen LogP contribution < -0.4 is 18.9 Å². The summed E-state index contributed by atoms with van der Waals surface area (Å²) in [4.78, 5) is 47.8. The van der Waals surface area contributed by atoms with Crippen molar-refractivity contribution in [2.75, 3.05) is 26.4 Å². The molecule has 48 heavy (non-hydrogen) atoms. The molecule has 4 rings (SSSR count). The van der Waals surface area contributed by atoms with E-state index in [1.54, 1.807) is 43.3 Å². The van der Waals surface area contributed by atoms with Gasteiger partial charge in [-0.3, -0.25) is 0 Å². The number of hydrogen-bond acceptors (Lipinski definition) is 10. The normalized spacial score (nSPS) is 10.3. The fourth-order valence-corrected chi connectivity index (χ4v) is 4.03. The molecule has 0 spiro atoms. The predicted molar refractivity (Wildman–Crippen MR) is 177 cm³/mol. The van der Waals surface area contributed by atoms with Crippen LogP contribution in [0.1, 0.15) is 34.1 Å². The molecule has 4 aromatic carbocycles. The summed E-state index contributed by atoms with van der Waals surface area (Å²) in [6.45, 7) is 9.34. The van der Waals surface area contributed by atoms with Crippen LogP contribution in [0.4, 0.5) is 0 Å². The lowest BCUT2D eigenvalue weighted by atomic mass is 10.0. The van der Waals surface area contributed by atoms with E-state index < -0.39 is 23.9 Å². The highest BCUT2D eigenvalue weighted by atomic mass is 16.6. The van der Waals surface area contributed by atoms with Gasteiger partial charge < -0.3 is 28.4 Å². The van der Waals surface area contributed by atoms with Crippen LogP contribution in [0.15, 0.2) is 122 Å². The monoisotopic (exact) mass is 650 g/mol. The van der Waals surface area contributed by atoms with Crippen molar-refractivity contribution in [2.45, 2.75) is 13.3 Å². The molecular weight excluding hydrogens is 616 g/mol. The molecule has 0 bridgehead atoms. The molecule has 10 heteroatoms. The number of esters is 4. The van der Waals surface area contributed by atoms with E-state index in [-0.39, 0.29) is 31.3 Å². The maximum atomic E-state index is 12.7. The van der Waals surface area contributed by atoms with Crippen molar-refractivity contribution in [1.29, 1.82) is 0 Å². The third-order valence-electron chi connectivity index (χ3n) is 6.55. The molecule has 0 saturated heterocycles. The Kier molecular flexibility index (Phi) is 12.7. The minimum absolute atomic E-state index is 0.122. The van der Waals surface area contributed by atoms with Crippen LogP contribution in [0.5, 0.6) is 23.0 Å². The molecule has 0 aliphatic carbocycles. The molecular formula is C38H34O10. The maximum absolute atomic E-state index is 12.7. The van der Waals surface area contributed by atoms with E-state index in [2.05, 4.69) is 13.2 Å². The zero-order chi connectivity index (χ0) is 34.3. The van der Waals surface area contributed by atoms with Gasteiger partial charge in [0.2, 0.25) is 0 Å². The van der Waals surface area contributed by atoms with Gasteiger partial charge in [0.1, 0.15) is 36.2 Å². The van der Waals surface area contributed by atoms with Crippen molar-refractivity contribution in [3.63, 3.8) is 0 Å². The molecule has 10 nitrogen and oxygen atoms in total. The fourth-order valence-electron chi connectivity index (χ4n) is 4.03. The summed E-state index contributed by atoms with van der Waals surface area (Å²) in [6.07, 6.45) is 1.61. The van der Waals surface area contributed by atoms with E-state index in [4.69, 9.17) is 28.4 Å². The van der Waals surface area contributed by atoms with E-state index >= 15 is 0 Å². The Morgan fingerprint density at radius 2 is 1.00 bits per heavy atom. The summed E-state index contributed by atoms with van der Waals surface area (Å²) in [7, 11) is 0. The highest BCUT2D eigenvalue weighted by Gasteiger charge is 2.12. The van der Waals surface area contributed by atoms with E-state index in [0.717, 1.165) is 17.2 Å². The van der Waals surface area contributed by atoms with Crippen molar-refractivity contribution in [2.24, 2.45) is 0 Å². The lowest BCUT2D eigenvalue weighted by molar-refractivity contribution is -0.140. The van der Waals surface area contributed by atoms with E-state index in [1.165, 1.54) is 24.3 Å². The molecule has 0 radical (unpaired) electrons. The summed E-state index contributed by atoms with van der Waals surface area (Å²) in [5.41, 5.74) is 2.84. The Balaban J connectivity index is 1.21. The molecule has 246 valence electrons. The third kappa shape index (κ3) is 10.7. The second kappa shape index (κ2) is 17.5. The first-order valence-electron chi connectivity index (χ1n) is 14.9. The standard InChI is InChI=1S/C38H34O10/c1-4-35(39)45-23-5-22-43-31-16-12-30(13-17-31)38(42)48-34-20-18-33(19-21-34)47-37(41)29-8-6-27(7-9-29)28-10-14-32(15-11-28)44-24-25-46-36(40)26(2)3/h4,6-21H,1-2,5,22-25H2,3H3. The summed E-state index contributed by atoms with van der Waals surface area (Å²) in [5, 5.41) is 0. The van der Waals surface area contributed by atoms with E-state index in [0.29, 0.717) is 41.2 Å². The Morgan fingerprint density at radius 1 is 0.562 bits per heavy atom. The van der Waals surface area contributed by atoms with Gasteiger partial charge in [-0.2, -0.15) is 0 Å². The topological polar surface area (TPSA) is 124 Å². The van der Waals surface area contributed by atoms with Gasteiger partial charge in [-0.15, -0.1) is 0 Å². The van der Waals surface area contributed by atoms with Crippen LogP contribution in [0.2, 0.25) is 0 Å². The van der Waals surface area contributed by atoms with Crippen molar-refractivity contribution >= 4 is 23.9 Å². The molecule has 0 atom stereocenters. The lowest BCUT2D eigenvalue weighted by Gasteiger charge is -2.09. The molecule has 0 amide bonds. The minimum atomic E-state index is -0.563. The highest BCUT2D eigenvalue weighted by molar-refractivity contribution is 5.92. The molecule has 0 saturated carbocycles. The van der Waals surface area contributed by atoms with Crippen LogP contribution >= 0.6 is 0 Å². The summed E-state index contributed by atoms with van der Waals surface area (Å²) < 4.78 is 32.0. The Hall–Kier alpha value is -6.16. The van der Waals surface area contributed by atoms with Crippen LogP contribution in [0, 0.1) is 0 Å². The second-order valence-corrected chi connectivity index (χ2v) is 10.2. The highest BCUT2D eigenvalue weighted by Crippen LogP contribution is 2.24. The number of carbonyl (C=O) groups excluding carboxylic acids is 4. The number of ether oxygens (including phenoxy) is 6. The third-order valence-corrected chi connectivity index (χ3v) is 6.55. The molecule has 0 N–H and O–H groups in total. The average molecular weight is 651 g/mol. The van der Waals surface area contributed by atoms with Crippen molar-refractivity contribution in [3.8, 4) is 34.1 Å². The molecule has 0 aliphatic rings. The first kappa shape index (κ1) is 34.7. The summed E-state index contributed by atoms with van der Waals surface area (Å²) in [6, 6.07) is 26.9. The average Bonchev–Trinajstić information content (AvgIpc) is 3.11. The SMILES string of the molecule is C=CC(=O)OCCCOc1ccc(C(=O)Oc2ccc(OC(=O)c3ccc(-c4ccc(OCCOC(=O)C(=C)C)cc4)cc3)cc2)cc1. The Labute approximate surface area is 278 Å². The van der Waals surface area contributed by atoms with E-state index in [1.807, 2.05) is 36.4 Å². The van der Waals surface area contributed by atoms with Gasteiger partial charge in [0.05, 0.1) is 24.3 Å².